The minimum absolute atomic E-state index is 0.0405. The third-order valence-corrected chi connectivity index (χ3v) is 3.47. The average Bonchev–Trinajstić information content (AvgIpc) is 2.23. The Bertz CT molecular complexity index is 162. The summed E-state index contributed by atoms with van der Waals surface area (Å²) in [5.74, 6) is 0. The van der Waals surface area contributed by atoms with Crippen molar-refractivity contribution in [1.82, 2.24) is 5.32 Å². The van der Waals surface area contributed by atoms with Gasteiger partial charge in [-0.2, -0.15) is 0 Å². The molecular weight excluding hydrogens is 190 g/mol. The Morgan fingerprint density at radius 3 is 2.33 bits per heavy atom. The van der Waals surface area contributed by atoms with Crippen LogP contribution >= 0.6 is 0 Å². The topological polar surface area (TPSA) is 41.5 Å². The number of hydrogen-bond acceptors (Lipinski definition) is 3. The molecule has 0 radical (unpaired) electrons. The van der Waals surface area contributed by atoms with Crippen molar-refractivity contribution in [1.29, 1.82) is 0 Å². The van der Waals surface area contributed by atoms with Crippen LogP contribution in [-0.2, 0) is 4.74 Å². The Labute approximate surface area is 94.2 Å². The maximum Gasteiger partial charge on any atom is 0.0615 e. The number of methoxy groups -OCH3 is 1. The van der Waals surface area contributed by atoms with Gasteiger partial charge in [0.05, 0.1) is 12.7 Å². The first-order valence-electron chi connectivity index (χ1n) is 5.90. The van der Waals surface area contributed by atoms with E-state index in [4.69, 9.17) is 4.74 Å². The molecule has 0 saturated carbocycles. The largest absolute Gasteiger partial charge is 0.393 e. The maximum absolute atomic E-state index is 9.72. The van der Waals surface area contributed by atoms with Gasteiger partial charge in [0, 0.05) is 25.1 Å². The molecule has 3 atom stereocenters. The van der Waals surface area contributed by atoms with Crippen molar-refractivity contribution in [2.45, 2.75) is 52.7 Å². The van der Waals surface area contributed by atoms with E-state index in [1.54, 1.807) is 7.11 Å². The van der Waals surface area contributed by atoms with E-state index < -0.39 is 0 Å². The summed E-state index contributed by atoms with van der Waals surface area (Å²) in [6.07, 6.45) is 1.74. The highest BCUT2D eigenvalue weighted by molar-refractivity contribution is 4.82. The van der Waals surface area contributed by atoms with Gasteiger partial charge in [0.2, 0.25) is 0 Å². The molecule has 0 fully saturated rings. The van der Waals surface area contributed by atoms with Crippen LogP contribution in [0.4, 0.5) is 0 Å². The molecule has 15 heavy (non-hydrogen) atoms. The summed E-state index contributed by atoms with van der Waals surface area (Å²) in [6, 6.07) is 0.389. The number of hydrogen-bond donors (Lipinski definition) is 2. The zero-order chi connectivity index (χ0) is 11.9. The Morgan fingerprint density at radius 2 is 2.00 bits per heavy atom. The smallest absolute Gasteiger partial charge is 0.0615 e. The van der Waals surface area contributed by atoms with Crippen molar-refractivity contribution in [2.24, 2.45) is 5.41 Å². The first-order valence-corrected chi connectivity index (χ1v) is 5.90. The summed E-state index contributed by atoms with van der Waals surface area (Å²) in [7, 11) is 1.72. The van der Waals surface area contributed by atoms with Crippen molar-refractivity contribution in [3.05, 3.63) is 0 Å². The molecule has 0 aliphatic carbocycles. The molecule has 0 aliphatic rings. The van der Waals surface area contributed by atoms with Gasteiger partial charge in [-0.05, 0) is 19.8 Å². The van der Waals surface area contributed by atoms with Gasteiger partial charge in [-0.15, -0.1) is 0 Å². The van der Waals surface area contributed by atoms with Crippen molar-refractivity contribution in [3.63, 3.8) is 0 Å². The van der Waals surface area contributed by atoms with Crippen LogP contribution in [-0.4, -0.2) is 37.5 Å². The highest BCUT2D eigenvalue weighted by Gasteiger charge is 2.28. The van der Waals surface area contributed by atoms with E-state index >= 15 is 0 Å². The van der Waals surface area contributed by atoms with Crippen molar-refractivity contribution < 1.29 is 9.84 Å². The predicted molar refractivity (Wildman–Crippen MR) is 64.0 cm³/mol. The second-order valence-electron chi connectivity index (χ2n) is 4.62. The van der Waals surface area contributed by atoms with Crippen LogP contribution in [0.1, 0.15) is 40.5 Å². The van der Waals surface area contributed by atoms with Gasteiger partial charge in [0.1, 0.15) is 0 Å². The highest BCUT2D eigenvalue weighted by atomic mass is 16.5. The first-order chi connectivity index (χ1) is 7.00. The lowest BCUT2D eigenvalue weighted by molar-refractivity contribution is 0.0434. The lowest BCUT2D eigenvalue weighted by Gasteiger charge is -2.33. The molecule has 0 aromatic carbocycles. The number of aliphatic hydroxyl groups excluding tert-OH is 1. The Hall–Kier alpha value is -0.120. The van der Waals surface area contributed by atoms with Crippen LogP contribution in [0.5, 0.6) is 0 Å². The molecule has 0 heterocycles. The molecule has 0 aromatic rings. The van der Waals surface area contributed by atoms with E-state index in [-0.39, 0.29) is 11.5 Å². The SMILES string of the molecule is CCC(COC)NCC(C)(CC)C(C)O. The molecule has 2 N–H and O–H groups in total. The molecule has 0 aliphatic heterocycles. The molecule has 0 rings (SSSR count). The minimum atomic E-state index is -0.282. The van der Waals surface area contributed by atoms with Crippen molar-refractivity contribution >= 4 is 0 Å². The summed E-state index contributed by atoms with van der Waals surface area (Å²) in [5.41, 5.74) is -0.0405. The zero-order valence-electron chi connectivity index (χ0n) is 10.8. The van der Waals surface area contributed by atoms with Crippen LogP contribution in [0.15, 0.2) is 0 Å². The normalized spacial score (nSPS) is 19.6. The average molecular weight is 217 g/mol. The van der Waals surface area contributed by atoms with Gasteiger partial charge in [0.15, 0.2) is 0 Å². The minimum Gasteiger partial charge on any atom is -0.393 e. The van der Waals surface area contributed by atoms with Crippen molar-refractivity contribution in [3.8, 4) is 0 Å². The molecule has 0 aromatic heterocycles. The molecule has 3 nitrogen and oxygen atoms in total. The third-order valence-electron chi connectivity index (χ3n) is 3.47. The lowest BCUT2D eigenvalue weighted by atomic mass is 9.82. The zero-order valence-corrected chi connectivity index (χ0v) is 10.8. The molecule has 3 heteroatoms. The summed E-state index contributed by atoms with van der Waals surface area (Å²) >= 11 is 0. The molecule has 0 bridgehead atoms. The number of nitrogens with one attached hydrogen (secondary N) is 1. The fourth-order valence-corrected chi connectivity index (χ4v) is 1.47. The summed E-state index contributed by atoms with van der Waals surface area (Å²) in [4.78, 5) is 0. The van der Waals surface area contributed by atoms with Gasteiger partial charge in [-0.1, -0.05) is 20.8 Å². The fraction of sp³-hybridized carbons (Fsp3) is 1.00. The predicted octanol–water partition coefficient (Wildman–Crippen LogP) is 1.80. The van der Waals surface area contributed by atoms with E-state index in [2.05, 4.69) is 26.1 Å². The molecule has 92 valence electrons. The first kappa shape index (κ1) is 14.9. The second kappa shape index (κ2) is 7.20. The number of rotatable bonds is 8. The molecule has 3 unspecified atom stereocenters. The maximum atomic E-state index is 9.72. The molecule has 0 amide bonds. The van der Waals surface area contributed by atoms with Gasteiger partial charge in [-0.25, -0.2) is 0 Å². The van der Waals surface area contributed by atoms with E-state index in [1.807, 2.05) is 6.92 Å². The monoisotopic (exact) mass is 217 g/mol. The fourth-order valence-electron chi connectivity index (χ4n) is 1.47. The van der Waals surface area contributed by atoms with E-state index in [0.29, 0.717) is 6.04 Å². The summed E-state index contributed by atoms with van der Waals surface area (Å²) < 4.78 is 5.13. The van der Waals surface area contributed by atoms with Gasteiger partial charge >= 0.3 is 0 Å². The van der Waals surface area contributed by atoms with Crippen LogP contribution in [0, 0.1) is 5.41 Å². The standard InChI is InChI=1S/C12H27NO2/c1-6-11(8-15-5)13-9-12(4,7-2)10(3)14/h10-11,13-14H,6-9H2,1-5H3. The Kier molecular flexibility index (Phi) is 7.14. The van der Waals surface area contributed by atoms with Gasteiger partial charge in [-0.3, -0.25) is 0 Å². The number of ether oxygens (including phenoxy) is 1. The third kappa shape index (κ3) is 4.96. The number of aliphatic hydroxyl groups is 1. The van der Waals surface area contributed by atoms with Gasteiger partial charge in [0.25, 0.3) is 0 Å². The van der Waals surface area contributed by atoms with Crippen LogP contribution in [0.25, 0.3) is 0 Å². The van der Waals surface area contributed by atoms with Crippen LogP contribution in [0.2, 0.25) is 0 Å². The van der Waals surface area contributed by atoms with Crippen LogP contribution < -0.4 is 5.32 Å². The molecular formula is C12H27NO2. The quantitative estimate of drug-likeness (QED) is 0.651. The molecule has 0 saturated heterocycles. The van der Waals surface area contributed by atoms with Crippen LogP contribution in [0.3, 0.4) is 0 Å². The second-order valence-corrected chi connectivity index (χ2v) is 4.62. The summed E-state index contributed by atoms with van der Waals surface area (Å²) in [6.45, 7) is 9.81. The lowest BCUT2D eigenvalue weighted by Crippen LogP contribution is -2.44. The van der Waals surface area contributed by atoms with Gasteiger partial charge < -0.3 is 15.2 Å². The Morgan fingerprint density at radius 1 is 1.40 bits per heavy atom. The highest BCUT2D eigenvalue weighted by Crippen LogP contribution is 2.24. The van der Waals surface area contributed by atoms with E-state index in [1.165, 1.54) is 0 Å². The van der Waals surface area contributed by atoms with Crippen molar-refractivity contribution in [2.75, 3.05) is 20.3 Å². The summed E-state index contributed by atoms with van der Waals surface area (Å²) in [5, 5.41) is 13.2. The van der Waals surface area contributed by atoms with E-state index in [9.17, 15) is 5.11 Å². The Balaban J connectivity index is 4.08. The molecule has 0 spiro atoms. The van der Waals surface area contributed by atoms with E-state index in [0.717, 1.165) is 26.0 Å².